The normalized spacial score (nSPS) is 11.7. The summed E-state index contributed by atoms with van der Waals surface area (Å²) in [4.78, 5) is 16.7. The van der Waals surface area contributed by atoms with Crippen molar-refractivity contribution in [1.29, 1.82) is 0 Å². The predicted molar refractivity (Wildman–Crippen MR) is 93.5 cm³/mol. The highest BCUT2D eigenvalue weighted by Crippen LogP contribution is 2.14. The molecule has 5 nitrogen and oxygen atoms in total. The zero-order valence-electron chi connectivity index (χ0n) is 14.5. The molecule has 0 unspecified atom stereocenters. The summed E-state index contributed by atoms with van der Waals surface area (Å²) in [7, 11) is 1.77. The van der Waals surface area contributed by atoms with Gasteiger partial charge < -0.3 is 19.9 Å². The first kappa shape index (κ1) is 17.3. The maximum atomic E-state index is 11.8. The zero-order valence-corrected chi connectivity index (χ0v) is 14.5. The summed E-state index contributed by atoms with van der Waals surface area (Å²) in [6.45, 7) is 7.99. The molecule has 0 radical (unpaired) electrons. The summed E-state index contributed by atoms with van der Waals surface area (Å²) < 4.78 is 5.32. The van der Waals surface area contributed by atoms with Crippen molar-refractivity contribution in [3.05, 3.63) is 36.0 Å². The topological polar surface area (TPSA) is 57.4 Å². The van der Waals surface area contributed by atoms with Gasteiger partial charge >= 0.3 is 6.09 Å². The number of ether oxygens (including phenoxy) is 1. The average Bonchev–Trinajstić information content (AvgIpc) is 2.92. The van der Waals surface area contributed by atoms with E-state index in [9.17, 15) is 4.79 Å². The van der Waals surface area contributed by atoms with E-state index in [1.807, 2.05) is 27.0 Å². The van der Waals surface area contributed by atoms with Crippen LogP contribution in [0.1, 0.15) is 32.8 Å². The van der Waals surface area contributed by atoms with Gasteiger partial charge in [0.25, 0.3) is 0 Å². The first-order chi connectivity index (χ1) is 10.8. The molecule has 1 heterocycles. The number of fused-ring (bicyclic) bond motifs is 1. The van der Waals surface area contributed by atoms with Crippen molar-refractivity contribution in [1.82, 2.24) is 15.2 Å². The quantitative estimate of drug-likeness (QED) is 0.802. The molecule has 0 aliphatic heterocycles. The summed E-state index contributed by atoms with van der Waals surface area (Å²) in [5.74, 6) is 0. The number of hydrogen-bond acceptors (Lipinski definition) is 3. The summed E-state index contributed by atoms with van der Waals surface area (Å²) in [5.41, 5.74) is 1.97. The molecule has 1 aromatic heterocycles. The second-order valence-electron chi connectivity index (χ2n) is 6.83. The minimum absolute atomic E-state index is 0.269. The Bertz CT molecular complexity index is 643. The number of aromatic amines is 1. The van der Waals surface area contributed by atoms with Gasteiger partial charge in [0, 0.05) is 31.9 Å². The van der Waals surface area contributed by atoms with Gasteiger partial charge in [-0.3, -0.25) is 0 Å². The number of rotatable bonds is 6. The molecule has 0 bridgehead atoms. The molecule has 0 aliphatic carbocycles. The Morgan fingerprint density at radius 3 is 2.83 bits per heavy atom. The van der Waals surface area contributed by atoms with Crippen molar-refractivity contribution in [3.8, 4) is 0 Å². The van der Waals surface area contributed by atoms with Gasteiger partial charge in [-0.15, -0.1) is 0 Å². The van der Waals surface area contributed by atoms with Crippen LogP contribution in [0.2, 0.25) is 0 Å². The maximum absolute atomic E-state index is 11.8. The number of nitrogens with zero attached hydrogens (tertiary/aromatic N) is 1. The van der Waals surface area contributed by atoms with E-state index in [2.05, 4.69) is 34.6 Å². The summed E-state index contributed by atoms with van der Waals surface area (Å²) in [6, 6.07) is 8.49. The lowest BCUT2D eigenvalue weighted by Crippen LogP contribution is -2.35. The molecule has 2 rings (SSSR count). The number of hydrogen-bond donors (Lipinski definition) is 2. The van der Waals surface area contributed by atoms with Gasteiger partial charge in [0.2, 0.25) is 0 Å². The van der Waals surface area contributed by atoms with Crippen LogP contribution in [0.15, 0.2) is 30.5 Å². The number of nitrogens with one attached hydrogen (secondary N) is 2. The third kappa shape index (κ3) is 5.60. The van der Waals surface area contributed by atoms with Crippen molar-refractivity contribution in [2.45, 2.75) is 39.3 Å². The minimum atomic E-state index is -0.444. The molecule has 0 saturated heterocycles. The van der Waals surface area contributed by atoms with Crippen molar-refractivity contribution in [2.75, 3.05) is 20.1 Å². The summed E-state index contributed by atoms with van der Waals surface area (Å²) in [5, 5.41) is 4.64. The van der Waals surface area contributed by atoms with Crippen molar-refractivity contribution < 1.29 is 9.53 Å². The lowest BCUT2D eigenvalue weighted by molar-refractivity contribution is 0.0297. The Balaban J connectivity index is 1.66. The minimum Gasteiger partial charge on any atom is -0.444 e. The number of benzene rings is 1. The Labute approximate surface area is 138 Å². The molecule has 1 amide bonds. The molecule has 0 saturated carbocycles. The first-order valence-electron chi connectivity index (χ1n) is 8.06. The van der Waals surface area contributed by atoms with Gasteiger partial charge in [0.15, 0.2) is 0 Å². The number of carbonyl (C=O) groups is 1. The second kappa shape index (κ2) is 7.51. The molecule has 0 spiro atoms. The molecule has 0 aliphatic rings. The fourth-order valence-electron chi connectivity index (χ4n) is 2.31. The molecule has 0 atom stereocenters. The third-order valence-corrected chi connectivity index (χ3v) is 3.50. The number of aromatic nitrogens is 1. The molecule has 23 heavy (non-hydrogen) atoms. The fraction of sp³-hybridized carbons (Fsp3) is 0.500. The zero-order chi connectivity index (χ0) is 16.9. The highest BCUT2D eigenvalue weighted by molar-refractivity contribution is 5.79. The Morgan fingerprint density at radius 2 is 2.09 bits per heavy atom. The Hall–Kier alpha value is -2.01. The van der Waals surface area contributed by atoms with E-state index in [0.717, 1.165) is 25.0 Å². The highest BCUT2D eigenvalue weighted by atomic mass is 16.6. The number of carbonyl (C=O) groups excluding carboxylic acids is 1. The molecule has 1 aromatic carbocycles. The van der Waals surface area contributed by atoms with Gasteiger partial charge in [0.1, 0.15) is 5.60 Å². The molecular weight excluding hydrogens is 290 g/mol. The van der Waals surface area contributed by atoms with Crippen LogP contribution in [0.3, 0.4) is 0 Å². The van der Waals surface area contributed by atoms with E-state index in [1.54, 1.807) is 11.9 Å². The Morgan fingerprint density at radius 1 is 1.30 bits per heavy atom. The van der Waals surface area contributed by atoms with Gasteiger partial charge in [-0.05, 0) is 56.8 Å². The standard InChI is InChI=1S/C18H27N3O2/c1-18(2,3)23-17(22)21(4)11-5-9-19-13-14-6-7-15-8-10-20-16(15)12-14/h6-8,10,12,19-20H,5,9,11,13H2,1-4H3. The van der Waals surface area contributed by atoms with E-state index >= 15 is 0 Å². The van der Waals surface area contributed by atoms with Crippen LogP contribution < -0.4 is 5.32 Å². The molecule has 2 aromatic rings. The van der Waals surface area contributed by atoms with E-state index in [0.29, 0.717) is 6.54 Å². The van der Waals surface area contributed by atoms with Gasteiger partial charge in [-0.25, -0.2) is 4.79 Å². The predicted octanol–water partition coefficient (Wildman–Crippen LogP) is 3.51. The lowest BCUT2D eigenvalue weighted by atomic mass is 10.1. The van der Waals surface area contributed by atoms with Crippen molar-refractivity contribution in [2.24, 2.45) is 0 Å². The SMILES string of the molecule is CN(CCCNCc1ccc2cc[nH]c2c1)C(=O)OC(C)(C)C. The van der Waals surface area contributed by atoms with Crippen LogP contribution in [0.5, 0.6) is 0 Å². The number of amides is 1. The largest absolute Gasteiger partial charge is 0.444 e. The van der Waals surface area contributed by atoms with Crippen molar-refractivity contribution in [3.63, 3.8) is 0 Å². The smallest absolute Gasteiger partial charge is 0.410 e. The molecule has 0 fully saturated rings. The van der Waals surface area contributed by atoms with Crippen LogP contribution in [0.4, 0.5) is 4.79 Å². The number of H-pyrrole nitrogens is 1. The summed E-state index contributed by atoms with van der Waals surface area (Å²) in [6.07, 6.45) is 2.57. The van der Waals surface area contributed by atoms with Crippen LogP contribution in [0, 0.1) is 0 Å². The average molecular weight is 317 g/mol. The van der Waals surface area contributed by atoms with Crippen molar-refractivity contribution >= 4 is 17.0 Å². The molecule has 5 heteroatoms. The summed E-state index contributed by atoms with van der Waals surface area (Å²) >= 11 is 0. The fourth-order valence-corrected chi connectivity index (χ4v) is 2.31. The van der Waals surface area contributed by atoms with Gasteiger partial charge in [-0.1, -0.05) is 12.1 Å². The van der Waals surface area contributed by atoms with Crippen LogP contribution in [0.25, 0.3) is 10.9 Å². The van der Waals surface area contributed by atoms with Crippen LogP contribution in [-0.2, 0) is 11.3 Å². The molecular formula is C18H27N3O2. The molecule has 2 N–H and O–H groups in total. The van der Waals surface area contributed by atoms with E-state index in [1.165, 1.54) is 10.9 Å². The monoisotopic (exact) mass is 317 g/mol. The first-order valence-corrected chi connectivity index (χ1v) is 8.06. The van der Waals surface area contributed by atoms with E-state index < -0.39 is 5.60 Å². The highest BCUT2D eigenvalue weighted by Gasteiger charge is 2.18. The molecule has 126 valence electrons. The lowest BCUT2D eigenvalue weighted by Gasteiger charge is -2.24. The van der Waals surface area contributed by atoms with Crippen LogP contribution >= 0.6 is 0 Å². The maximum Gasteiger partial charge on any atom is 0.410 e. The Kier molecular flexibility index (Phi) is 5.66. The van der Waals surface area contributed by atoms with Gasteiger partial charge in [-0.2, -0.15) is 0 Å². The van der Waals surface area contributed by atoms with E-state index in [-0.39, 0.29) is 6.09 Å². The van der Waals surface area contributed by atoms with Crippen LogP contribution in [-0.4, -0.2) is 41.7 Å². The van der Waals surface area contributed by atoms with E-state index in [4.69, 9.17) is 4.74 Å². The third-order valence-electron chi connectivity index (χ3n) is 3.50. The van der Waals surface area contributed by atoms with Gasteiger partial charge in [0.05, 0.1) is 0 Å². The second-order valence-corrected chi connectivity index (χ2v) is 6.83.